The summed E-state index contributed by atoms with van der Waals surface area (Å²) in [5, 5.41) is 11.4. The van der Waals surface area contributed by atoms with Gasteiger partial charge in [0.25, 0.3) is 0 Å². The van der Waals surface area contributed by atoms with Gasteiger partial charge in [0.2, 0.25) is 5.91 Å². The summed E-state index contributed by atoms with van der Waals surface area (Å²) in [4.78, 5) is 11.4. The smallest absolute Gasteiger partial charge is 0.234 e. The molecule has 5 nitrogen and oxygen atoms in total. The molecule has 26 heavy (non-hydrogen) atoms. The summed E-state index contributed by atoms with van der Waals surface area (Å²) < 4.78 is 25.1. The fourth-order valence-corrected chi connectivity index (χ4v) is 2.42. The Labute approximate surface area is 156 Å². The lowest BCUT2D eigenvalue weighted by Crippen LogP contribution is -2.21. The number of amides is 1. The Morgan fingerprint density at radius 1 is 1.27 bits per heavy atom. The molecule has 0 bridgehead atoms. The zero-order valence-electron chi connectivity index (χ0n) is 14.2. The largest absolute Gasteiger partial charge is 0.490 e. The van der Waals surface area contributed by atoms with Gasteiger partial charge in [-0.2, -0.15) is 5.26 Å². The number of carbonyl (C=O) groups excluding carboxylic acids is 1. The lowest BCUT2D eigenvalue weighted by atomic mass is 10.2. The molecule has 0 saturated heterocycles. The highest BCUT2D eigenvalue weighted by atomic mass is 35.5. The summed E-state index contributed by atoms with van der Waals surface area (Å²) in [7, 11) is 0. The minimum absolute atomic E-state index is 0.0379. The van der Waals surface area contributed by atoms with Crippen LogP contribution in [-0.2, 0) is 17.9 Å². The van der Waals surface area contributed by atoms with Gasteiger partial charge in [-0.3, -0.25) is 4.79 Å². The number of halogens is 2. The molecule has 2 rings (SSSR count). The van der Waals surface area contributed by atoms with E-state index in [-0.39, 0.29) is 31.0 Å². The van der Waals surface area contributed by atoms with E-state index in [1.807, 2.05) is 6.92 Å². The third-order valence-electron chi connectivity index (χ3n) is 3.47. The van der Waals surface area contributed by atoms with E-state index in [1.54, 1.807) is 30.3 Å². The summed E-state index contributed by atoms with van der Waals surface area (Å²) in [6.07, 6.45) is -0.192. The third kappa shape index (κ3) is 5.36. The molecule has 0 atom stereocenters. The molecule has 0 radical (unpaired) electrons. The Hall–Kier alpha value is -2.78. The van der Waals surface area contributed by atoms with E-state index >= 15 is 0 Å². The molecule has 0 fully saturated rings. The normalized spacial score (nSPS) is 10.1. The highest BCUT2D eigenvalue weighted by molar-refractivity contribution is 6.31. The van der Waals surface area contributed by atoms with Gasteiger partial charge in [-0.25, -0.2) is 4.39 Å². The summed E-state index contributed by atoms with van der Waals surface area (Å²) >= 11 is 6.00. The van der Waals surface area contributed by atoms with E-state index < -0.39 is 5.82 Å². The van der Waals surface area contributed by atoms with Gasteiger partial charge >= 0.3 is 0 Å². The van der Waals surface area contributed by atoms with Crippen molar-refractivity contribution in [1.82, 2.24) is 5.32 Å². The van der Waals surface area contributed by atoms with E-state index in [2.05, 4.69) is 5.32 Å². The molecule has 0 saturated carbocycles. The first-order chi connectivity index (χ1) is 12.5. The van der Waals surface area contributed by atoms with Crippen LogP contribution in [0.15, 0.2) is 36.4 Å². The molecule has 2 aromatic carbocycles. The quantitative estimate of drug-likeness (QED) is 0.756. The molecule has 1 N–H and O–H groups in total. The Balaban J connectivity index is 2.10. The van der Waals surface area contributed by atoms with Gasteiger partial charge < -0.3 is 14.8 Å². The molecule has 0 aromatic heterocycles. The first-order valence-electron chi connectivity index (χ1n) is 8.00. The minimum Gasteiger partial charge on any atom is -0.490 e. The average molecular weight is 377 g/mol. The van der Waals surface area contributed by atoms with E-state index in [1.165, 1.54) is 12.1 Å². The number of carbonyl (C=O) groups is 1. The second-order valence-electron chi connectivity index (χ2n) is 5.31. The number of nitriles is 1. The highest BCUT2D eigenvalue weighted by Gasteiger charge is 2.11. The van der Waals surface area contributed by atoms with Crippen LogP contribution in [0.2, 0.25) is 5.02 Å². The third-order valence-corrected chi connectivity index (χ3v) is 3.83. The van der Waals surface area contributed by atoms with Crippen molar-refractivity contribution in [3.8, 4) is 17.6 Å². The van der Waals surface area contributed by atoms with Crippen LogP contribution in [0.25, 0.3) is 0 Å². The maximum Gasteiger partial charge on any atom is 0.234 e. The van der Waals surface area contributed by atoms with Gasteiger partial charge in [-0.15, -0.1) is 0 Å². The van der Waals surface area contributed by atoms with Crippen molar-refractivity contribution in [3.05, 3.63) is 58.4 Å². The van der Waals surface area contributed by atoms with Crippen molar-refractivity contribution in [3.63, 3.8) is 0 Å². The van der Waals surface area contributed by atoms with Crippen LogP contribution < -0.4 is 14.8 Å². The topological polar surface area (TPSA) is 71.3 Å². The van der Waals surface area contributed by atoms with Gasteiger partial charge in [-0.05, 0) is 36.8 Å². The van der Waals surface area contributed by atoms with Gasteiger partial charge in [-0.1, -0.05) is 23.7 Å². The summed E-state index contributed by atoms with van der Waals surface area (Å²) in [5.74, 6) is 0.137. The fraction of sp³-hybridized carbons (Fsp3) is 0.263. The molecule has 0 unspecified atom stereocenters. The Bertz CT molecular complexity index is 801. The SMILES string of the molecule is CCOc1cc(CNC(=O)CC#N)ccc1OCc1c(F)cccc1Cl. The monoisotopic (exact) mass is 376 g/mol. The highest BCUT2D eigenvalue weighted by Crippen LogP contribution is 2.30. The molecule has 0 heterocycles. The molecule has 136 valence electrons. The Kier molecular flexibility index (Phi) is 7.24. The molecule has 1 amide bonds. The van der Waals surface area contributed by atoms with Crippen molar-refractivity contribution < 1.29 is 18.7 Å². The van der Waals surface area contributed by atoms with Crippen molar-refractivity contribution in [2.24, 2.45) is 0 Å². The number of rotatable bonds is 8. The van der Waals surface area contributed by atoms with Crippen LogP contribution in [0.4, 0.5) is 4.39 Å². The lowest BCUT2D eigenvalue weighted by Gasteiger charge is -2.14. The fourth-order valence-electron chi connectivity index (χ4n) is 2.21. The van der Waals surface area contributed by atoms with Crippen LogP contribution in [0, 0.1) is 17.1 Å². The molecule has 7 heteroatoms. The Morgan fingerprint density at radius 2 is 2.08 bits per heavy atom. The van der Waals surface area contributed by atoms with Crippen LogP contribution in [0.5, 0.6) is 11.5 Å². The van der Waals surface area contributed by atoms with Gasteiger partial charge in [0.1, 0.15) is 18.8 Å². The van der Waals surface area contributed by atoms with Crippen molar-refractivity contribution in [1.29, 1.82) is 5.26 Å². The standard InChI is InChI=1S/C19H18ClFN2O3/c1-2-25-18-10-13(11-23-19(24)8-9-22)6-7-17(18)26-12-14-15(20)4-3-5-16(14)21/h3-7,10H,2,8,11-12H2,1H3,(H,23,24). The summed E-state index contributed by atoms with van der Waals surface area (Å²) in [6.45, 7) is 2.48. The number of hydrogen-bond acceptors (Lipinski definition) is 4. The van der Waals surface area contributed by atoms with E-state index in [9.17, 15) is 9.18 Å². The second kappa shape index (κ2) is 9.64. The van der Waals surface area contributed by atoms with Crippen LogP contribution in [-0.4, -0.2) is 12.5 Å². The Morgan fingerprint density at radius 3 is 2.77 bits per heavy atom. The molecule has 0 aliphatic rings. The van der Waals surface area contributed by atoms with Gasteiger partial charge in [0.15, 0.2) is 11.5 Å². The van der Waals surface area contributed by atoms with Gasteiger partial charge in [0, 0.05) is 12.1 Å². The van der Waals surface area contributed by atoms with Crippen LogP contribution in [0.3, 0.4) is 0 Å². The molecule has 0 aliphatic carbocycles. The number of benzene rings is 2. The predicted molar refractivity (Wildman–Crippen MR) is 95.4 cm³/mol. The second-order valence-corrected chi connectivity index (χ2v) is 5.72. The lowest BCUT2D eigenvalue weighted by molar-refractivity contribution is -0.120. The number of nitrogens with one attached hydrogen (secondary N) is 1. The van der Waals surface area contributed by atoms with Crippen molar-refractivity contribution in [2.75, 3.05) is 6.61 Å². The molecule has 0 aliphatic heterocycles. The van der Waals surface area contributed by atoms with Crippen LogP contribution in [0.1, 0.15) is 24.5 Å². The zero-order chi connectivity index (χ0) is 18.9. The first-order valence-corrected chi connectivity index (χ1v) is 8.38. The summed E-state index contributed by atoms with van der Waals surface area (Å²) in [6, 6.07) is 11.4. The number of ether oxygens (including phenoxy) is 2. The molecule has 2 aromatic rings. The maximum absolute atomic E-state index is 13.8. The average Bonchev–Trinajstić information content (AvgIpc) is 2.61. The zero-order valence-corrected chi connectivity index (χ0v) is 15.0. The first kappa shape index (κ1) is 19.5. The van der Waals surface area contributed by atoms with E-state index in [4.69, 9.17) is 26.3 Å². The number of hydrogen-bond donors (Lipinski definition) is 1. The molecular formula is C19H18ClFN2O3. The van der Waals surface area contributed by atoms with E-state index in [0.29, 0.717) is 23.1 Å². The summed E-state index contributed by atoms with van der Waals surface area (Å²) in [5.41, 5.74) is 1.06. The van der Waals surface area contributed by atoms with Crippen molar-refractivity contribution in [2.45, 2.75) is 26.5 Å². The maximum atomic E-state index is 13.8. The predicted octanol–water partition coefficient (Wildman–Crippen LogP) is 3.99. The van der Waals surface area contributed by atoms with Crippen molar-refractivity contribution >= 4 is 17.5 Å². The molecular weight excluding hydrogens is 359 g/mol. The van der Waals surface area contributed by atoms with Crippen LogP contribution >= 0.6 is 11.6 Å². The molecule has 0 spiro atoms. The minimum atomic E-state index is -0.438. The number of nitrogens with zero attached hydrogens (tertiary/aromatic N) is 1. The van der Waals surface area contributed by atoms with Gasteiger partial charge in [0.05, 0.1) is 17.7 Å². The van der Waals surface area contributed by atoms with E-state index in [0.717, 1.165) is 5.56 Å².